The first kappa shape index (κ1) is 21.5. The maximum absolute atomic E-state index is 5.95. The predicted molar refractivity (Wildman–Crippen MR) is 121 cm³/mol. The van der Waals surface area contributed by atoms with Gasteiger partial charge in [0.05, 0.1) is 19.3 Å². The molecule has 5 heteroatoms. The quantitative estimate of drug-likeness (QED) is 0.454. The lowest BCUT2D eigenvalue weighted by Crippen LogP contribution is -2.24. The van der Waals surface area contributed by atoms with Crippen molar-refractivity contribution in [3.8, 4) is 17.1 Å². The minimum atomic E-state index is -0.130. The Labute approximate surface area is 184 Å². The van der Waals surface area contributed by atoms with Crippen molar-refractivity contribution in [2.45, 2.75) is 58.0 Å². The Morgan fingerprint density at radius 1 is 0.968 bits per heavy atom. The molecule has 0 bridgehead atoms. The molecule has 2 atom stereocenters. The summed E-state index contributed by atoms with van der Waals surface area (Å²) in [6.07, 6.45) is 8.91. The van der Waals surface area contributed by atoms with Gasteiger partial charge in [-0.25, -0.2) is 9.97 Å². The van der Waals surface area contributed by atoms with E-state index in [2.05, 4.69) is 29.0 Å². The first-order valence-corrected chi connectivity index (χ1v) is 11.1. The molecule has 1 aliphatic rings. The van der Waals surface area contributed by atoms with E-state index >= 15 is 0 Å². The molecule has 5 nitrogen and oxygen atoms in total. The second-order valence-corrected chi connectivity index (χ2v) is 8.00. The molecule has 2 heterocycles. The van der Waals surface area contributed by atoms with Crippen LogP contribution in [0.25, 0.3) is 11.4 Å². The van der Waals surface area contributed by atoms with Gasteiger partial charge >= 0.3 is 0 Å². The van der Waals surface area contributed by atoms with Gasteiger partial charge in [0.2, 0.25) is 0 Å². The first-order valence-electron chi connectivity index (χ1n) is 11.1. The second kappa shape index (κ2) is 11.0. The Bertz CT molecular complexity index is 908. The van der Waals surface area contributed by atoms with Crippen molar-refractivity contribution in [3.63, 3.8) is 0 Å². The molecule has 0 aliphatic carbocycles. The fourth-order valence-corrected chi connectivity index (χ4v) is 3.54. The highest BCUT2D eigenvalue weighted by Crippen LogP contribution is 2.23. The van der Waals surface area contributed by atoms with Gasteiger partial charge in [-0.3, -0.25) is 0 Å². The SMILES string of the molecule is CC(CCc1cnc(-c2ccc(OC3CCCCO3)cc2)nc1)OCc1ccccc1. The molecular weight excluding hydrogens is 388 g/mol. The number of aromatic nitrogens is 2. The molecule has 0 saturated carbocycles. The van der Waals surface area contributed by atoms with Crippen LogP contribution in [0.1, 0.15) is 43.7 Å². The summed E-state index contributed by atoms with van der Waals surface area (Å²) in [6, 6.07) is 18.2. The number of hydrogen-bond acceptors (Lipinski definition) is 5. The molecule has 31 heavy (non-hydrogen) atoms. The molecule has 1 fully saturated rings. The Morgan fingerprint density at radius 2 is 1.74 bits per heavy atom. The number of ether oxygens (including phenoxy) is 3. The smallest absolute Gasteiger partial charge is 0.199 e. The summed E-state index contributed by atoms with van der Waals surface area (Å²) in [4.78, 5) is 9.10. The van der Waals surface area contributed by atoms with Crippen LogP contribution in [0.2, 0.25) is 0 Å². The van der Waals surface area contributed by atoms with E-state index in [1.807, 2.05) is 54.9 Å². The van der Waals surface area contributed by atoms with Gasteiger partial charge in [0.15, 0.2) is 12.1 Å². The summed E-state index contributed by atoms with van der Waals surface area (Å²) < 4.78 is 17.5. The predicted octanol–water partition coefficient (Wildman–Crippen LogP) is 5.59. The van der Waals surface area contributed by atoms with Crippen LogP contribution in [0.5, 0.6) is 5.75 Å². The maximum atomic E-state index is 5.95. The maximum Gasteiger partial charge on any atom is 0.199 e. The summed E-state index contributed by atoms with van der Waals surface area (Å²) in [7, 11) is 0. The fraction of sp³-hybridized carbons (Fsp3) is 0.385. The van der Waals surface area contributed by atoms with Crippen molar-refractivity contribution in [2.24, 2.45) is 0 Å². The number of hydrogen-bond donors (Lipinski definition) is 0. The molecule has 0 spiro atoms. The van der Waals surface area contributed by atoms with Gasteiger partial charge < -0.3 is 14.2 Å². The van der Waals surface area contributed by atoms with E-state index in [4.69, 9.17) is 14.2 Å². The minimum Gasteiger partial charge on any atom is -0.465 e. The molecule has 3 aromatic rings. The Morgan fingerprint density at radius 3 is 2.45 bits per heavy atom. The molecule has 0 N–H and O–H groups in total. The van der Waals surface area contributed by atoms with Crippen LogP contribution in [0.15, 0.2) is 67.0 Å². The summed E-state index contributed by atoms with van der Waals surface area (Å²) in [6.45, 7) is 3.53. The van der Waals surface area contributed by atoms with E-state index in [0.717, 1.165) is 61.4 Å². The van der Waals surface area contributed by atoms with Gasteiger partial charge in [-0.15, -0.1) is 0 Å². The molecule has 4 rings (SSSR count). The monoisotopic (exact) mass is 418 g/mol. The minimum absolute atomic E-state index is 0.130. The van der Waals surface area contributed by atoms with Gasteiger partial charge in [-0.2, -0.15) is 0 Å². The summed E-state index contributed by atoms with van der Waals surface area (Å²) >= 11 is 0. The topological polar surface area (TPSA) is 53.5 Å². The first-order chi connectivity index (χ1) is 15.3. The number of nitrogens with zero attached hydrogens (tertiary/aromatic N) is 2. The molecule has 0 amide bonds. The number of aryl methyl sites for hydroxylation is 1. The average molecular weight is 419 g/mol. The zero-order valence-corrected chi connectivity index (χ0v) is 18.1. The van der Waals surface area contributed by atoms with Gasteiger partial charge in [0.25, 0.3) is 0 Å². The molecule has 2 aromatic carbocycles. The second-order valence-electron chi connectivity index (χ2n) is 8.00. The lowest BCUT2D eigenvalue weighted by atomic mass is 10.1. The van der Waals surface area contributed by atoms with Crippen molar-refractivity contribution in [1.29, 1.82) is 0 Å². The average Bonchev–Trinajstić information content (AvgIpc) is 2.84. The van der Waals surface area contributed by atoms with Gasteiger partial charge in [0, 0.05) is 24.4 Å². The van der Waals surface area contributed by atoms with E-state index in [1.54, 1.807) is 0 Å². The van der Waals surface area contributed by atoms with Gasteiger partial charge in [-0.05, 0) is 68.0 Å². The highest BCUT2D eigenvalue weighted by molar-refractivity contribution is 5.55. The van der Waals surface area contributed by atoms with Crippen molar-refractivity contribution >= 4 is 0 Å². The highest BCUT2D eigenvalue weighted by Gasteiger charge is 2.15. The van der Waals surface area contributed by atoms with Crippen molar-refractivity contribution in [1.82, 2.24) is 9.97 Å². The largest absolute Gasteiger partial charge is 0.465 e. The van der Waals surface area contributed by atoms with E-state index in [-0.39, 0.29) is 12.4 Å². The summed E-state index contributed by atoms with van der Waals surface area (Å²) in [5.41, 5.74) is 3.29. The van der Waals surface area contributed by atoms with Gasteiger partial charge in [0.1, 0.15) is 5.75 Å². The van der Waals surface area contributed by atoms with E-state index in [1.165, 1.54) is 5.56 Å². The van der Waals surface area contributed by atoms with Crippen molar-refractivity contribution in [2.75, 3.05) is 6.61 Å². The zero-order valence-electron chi connectivity index (χ0n) is 18.1. The number of benzene rings is 2. The van der Waals surface area contributed by atoms with Gasteiger partial charge in [-0.1, -0.05) is 30.3 Å². The summed E-state index contributed by atoms with van der Waals surface area (Å²) in [5, 5.41) is 0. The third kappa shape index (κ3) is 6.61. The van der Waals surface area contributed by atoms with E-state index < -0.39 is 0 Å². The molecule has 1 aliphatic heterocycles. The summed E-state index contributed by atoms with van der Waals surface area (Å²) in [5.74, 6) is 1.54. The zero-order chi connectivity index (χ0) is 21.3. The van der Waals surface area contributed by atoms with E-state index in [9.17, 15) is 0 Å². The van der Waals surface area contributed by atoms with E-state index in [0.29, 0.717) is 6.61 Å². The Hall–Kier alpha value is -2.76. The van der Waals surface area contributed by atoms with Crippen LogP contribution >= 0.6 is 0 Å². The van der Waals surface area contributed by atoms with Crippen molar-refractivity contribution in [3.05, 3.63) is 78.1 Å². The van der Waals surface area contributed by atoms with Crippen LogP contribution in [0, 0.1) is 0 Å². The Balaban J connectivity index is 1.24. The van der Waals surface area contributed by atoms with Crippen LogP contribution in [0.3, 0.4) is 0 Å². The molecule has 1 saturated heterocycles. The molecule has 2 unspecified atom stereocenters. The van der Waals surface area contributed by atoms with Crippen LogP contribution in [-0.4, -0.2) is 29.0 Å². The lowest BCUT2D eigenvalue weighted by molar-refractivity contribution is -0.105. The molecule has 0 radical (unpaired) electrons. The highest BCUT2D eigenvalue weighted by atomic mass is 16.7. The fourth-order valence-electron chi connectivity index (χ4n) is 3.54. The van der Waals surface area contributed by atoms with Crippen LogP contribution in [0.4, 0.5) is 0 Å². The normalized spacial score (nSPS) is 17.3. The number of rotatable bonds is 9. The van der Waals surface area contributed by atoms with Crippen LogP contribution in [-0.2, 0) is 22.5 Å². The molecular formula is C26H30N2O3. The third-order valence-corrected chi connectivity index (χ3v) is 5.44. The van der Waals surface area contributed by atoms with Crippen LogP contribution < -0.4 is 4.74 Å². The van der Waals surface area contributed by atoms with Crippen molar-refractivity contribution < 1.29 is 14.2 Å². The standard InChI is InChI=1S/C26H30N2O3/c1-20(30-19-21-7-3-2-4-8-21)10-11-22-17-27-26(28-18-22)23-12-14-24(15-13-23)31-25-9-5-6-16-29-25/h2-4,7-8,12-15,17-18,20,25H,5-6,9-11,16,19H2,1H3. The Kier molecular flexibility index (Phi) is 7.64. The molecule has 162 valence electrons. The lowest BCUT2D eigenvalue weighted by Gasteiger charge is -2.23. The third-order valence-electron chi connectivity index (χ3n) is 5.44. The molecule has 1 aromatic heterocycles.